The first kappa shape index (κ1) is 12.3. The monoisotopic (exact) mass is 219 g/mol. The molecule has 84 valence electrons. The fourth-order valence-corrected chi connectivity index (χ4v) is 2.93. The van der Waals surface area contributed by atoms with E-state index in [1.165, 1.54) is 37.4 Å². The number of rotatable bonds is 5. The summed E-state index contributed by atoms with van der Waals surface area (Å²) in [5.41, 5.74) is 0. The molecule has 0 saturated carbocycles. The Kier molecular flexibility index (Phi) is 6.61. The maximum absolute atomic E-state index is 11.9. The van der Waals surface area contributed by atoms with Gasteiger partial charge in [-0.2, -0.15) is 11.8 Å². The predicted octanol–water partition coefficient (Wildman–Crippen LogP) is 2.95. The van der Waals surface area contributed by atoms with Gasteiger partial charge in [-0.15, -0.1) is 0 Å². The van der Waals surface area contributed by atoms with Gasteiger partial charge in [0.2, 0.25) is 0 Å². The second-order valence-corrected chi connectivity index (χ2v) is 5.26. The first-order chi connectivity index (χ1) is 6.84. The topological polar surface area (TPSA) is 3.24 Å². The van der Waals surface area contributed by atoms with Crippen LogP contribution in [0.3, 0.4) is 0 Å². The highest BCUT2D eigenvalue weighted by Crippen LogP contribution is 2.16. The zero-order valence-corrected chi connectivity index (χ0v) is 9.99. The third kappa shape index (κ3) is 4.65. The Morgan fingerprint density at radius 2 is 2.14 bits per heavy atom. The standard InChI is InChI=1S/C11H22FNS/c1-11-5-9-14-10-8-13(11)7-4-2-3-6-12/h11H,2-10H2,1H3. The molecule has 1 heterocycles. The highest BCUT2D eigenvalue weighted by Gasteiger charge is 2.15. The van der Waals surface area contributed by atoms with Crippen molar-refractivity contribution in [2.75, 3.05) is 31.3 Å². The molecule has 0 aromatic carbocycles. The Bertz CT molecular complexity index is 143. The van der Waals surface area contributed by atoms with Crippen LogP contribution in [0.1, 0.15) is 32.6 Å². The summed E-state index contributed by atoms with van der Waals surface area (Å²) in [6.45, 7) is 4.57. The molecule has 0 amide bonds. The lowest BCUT2D eigenvalue weighted by molar-refractivity contribution is 0.215. The average molecular weight is 219 g/mol. The summed E-state index contributed by atoms with van der Waals surface area (Å²) < 4.78 is 11.9. The number of nitrogens with zero attached hydrogens (tertiary/aromatic N) is 1. The van der Waals surface area contributed by atoms with Gasteiger partial charge in [0.05, 0.1) is 6.67 Å². The van der Waals surface area contributed by atoms with Crippen molar-refractivity contribution in [1.82, 2.24) is 4.90 Å². The van der Waals surface area contributed by atoms with Crippen LogP contribution in [0.4, 0.5) is 4.39 Å². The summed E-state index contributed by atoms with van der Waals surface area (Å²) in [5, 5.41) is 0. The van der Waals surface area contributed by atoms with Crippen LogP contribution >= 0.6 is 11.8 Å². The van der Waals surface area contributed by atoms with Crippen LogP contribution in [0.15, 0.2) is 0 Å². The van der Waals surface area contributed by atoms with Crippen molar-refractivity contribution in [2.45, 2.75) is 38.6 Å². The van der Waals surface area contributed by atoms with Crippen LogP contribution < -0.4 is 0 Å². The smallest absolute Gasteiger partial charge is 0.0894 e. The van der Waals surface area contributed by atoms with Crippen LogP contribution in [0, 0.1) is 0 Å². The van der Waals surface area contributed by atoms with Gasteiger partial charge in [0.25, 0.3) is 0 Å². The molecule has 0 aromatic heterocycles. The number of alkyl halides is 1. The second kappa shape index (κ2) is 7.52. The zero-order valence-electron chi connectivity index (χ0n) is 9.17. The zero-order chi connectivity index (χ0) is 10.2. The molecule has 0 spiro atoms. The summed E-state index contributed by atoms with van der Waals surface area (Å²) >= 11 is 2.07. The Labute approximate surface area is 91.4 Å². The summed E-state index contributed by atoms with van der Waals surface area (Å²) in [7, 11) is 0. The highest BCUT2D eigenvalue weighted by molar-refractivity contribution is 7.99. The van der Waals surface area contributed by atoms with E-state index in [1.54, 1.807) is 0 Å². The Balaban J connectivity index is 2.13. The van der Waals surface area contributed by atoms with Crippen molar-refractivity contribution in [3.05, 3.63) is 0 Å². The largest absolute Gasteiger partial charge is 0.300 e. The van der Waals surface area contributed by atoms with Crippen LogP contribution in [0.25, 0.3) is 0 Å². The maximum Gasteiger partial charge on any atom is 0.0894 e. The van der Waals surface area contributed by atoms with Crippen molar-refractivity contribution in [2.24, 2.45) is 0 Å². The van der Waals surface area contributed by atoms with E-state index in [9.17, 15) is 4.39 Å². The molecule has 1 rings (SSSR count). The molecule has 1 aliphatic heterocycles. The van der Waals surface area contributed by atoms with Gasteiger partial charge in [0, 0.05) is 18.3 Å². The molecular formula is C11H22FNS. The van der Waals surface area contributed by atoms with Crippen molar-refractivity contribution in [3.63, 3.8) is 0 Å². The molecule has 1 fully saturated rings. The first-order valence-electron chi connectivity index (χ1n) is 5.72. The molecule has 0 bridgehead atoms. The molecule has 1 saturated heterocycles. The normalized spacial score (nSPS) is 24.9. The van der Waals surface area contributed by atoms with Gasteiger partial charge in [-0.1, -0.05) is 0 Å². The van der Waals surface area contributed by atoms with E-state index in [4.69, 9.17) is 0 Å². The summed E-state index contributed by atoms with van der Waals surface area (Å²) in [6.07, 6.45) is 4.27. The van der Waals surface area contributed by atoms with Crippen molar-refractivity contribution >= 4 is 11.8 Å². The molecule has 1 unspecified atom stereocenters. The van der Waals surface area contributed by atoms with Gasteiger partial charge in [-0.25, -0.2) is 0 Å². The Hall–Kier alpha value is 0.240. The molecule has 0 N–H and O–H groups in total. The molecule has 3 heteroatoms. The van der Waals surface area contributed by atoms with Gasteiger partial charge < -0.3 is 0 Å². The SMILES string of the molecule is CC1CCSCCN1CCCCCF. The number of halogens is 1. The van der Waals surface area contributed by atoms with Crippen LogP contribution in [-0.2, 0) is 0 Å². The number of unbranched alkanes of at least 4 members (excludes halogenated alkanes) is 2. The van der Waals surface area contributed by atoms with E-state index >= 15 is 0 Å². The third-order valence-corrected chi connectivity index (χ3v) is 3.90. The summed E-state index contributed by atoms with van der Waals surface area (Å²) in [6, 6.07) is 0.732. The fourth-order valence-electron chi connectivity index (χ4n) is 1.86. The van der Waals surface area contributed by atoms with Gasteiger partial charge in [0.1, 0.15) is 0 Å². The molecule has 1 nitrogen and oxygen atoms in total. The minimum absolute atomic E-state index is 0.147. The molecule has 0 radical (unpaired) electrons. The first-order valence-corrected chi connectivity index (χ1v) is 6.88. The van der Waals surface area contributed by atoms with Gasteiger partial charge in [0.15, 0.2) is 0 Å². The number of hydrogen-bond donors (Lipinski definition) is 0. The van der Waals surface area contributed by atoms with E-state index < -0.39 is 0 Å². The Morgan fingerprint density at radius 3 is 2.93 bits per heavy atom. The summed E-state index contributed by atoms with van der Waals surface area (Å²) in [5.74, 6) is 2.58. The fraction of sp³-hybridized carbons (Fsp3) is 1.00. The highest BCUT2D eigenvalue weighted by atomic mass is 32.2. The maximum atomic E-state index is 11.9. The molecular weight excluding hydrogens is 197 g/mol. The van der Waals surface area contributed by atoms with Crippen molar-refractivity contribution in [3.8, 4) is 0 Å². The lowest BCUT2D eigenvalue weighted by atomic mass is 10.2. The Morgan fingerprint density at radius 1 is 1.29 bits per heavy atom. The molecule has 1 atom stereocenters. The predicted molar refractivity (Wildman–Crippen MR) is 62.8 cm³/mol. The minimum atomic E-state index is -0.147. The molecule has 0 aliphatic carbocycles. The number of thioether (sulfide) groups is 1. The van der Waals surface area contributed by atoms with Crippen LogP contribution in [0.5, 0.6) is 0 Å². The lowest BCUT2D eigenvalue weighted by Crippen LogP contribution is -2.34. The molecule has 1 aliphatic rings. The second-order valence-electron chi connectivity index (χ2n) is 4.04. The molecule has 14 heavy (non-hydrogen) atoms. The minimum Gasteiger partial charge on any atom is -0.300 e. The van der Waals surface area contributed by atoms with Gasteiger partial charge >= 0.3 is 0 Å². The van der Waals surface area contributed by atoms with E-state index in [0.29, 0.717) is 0 Å². The molecule has 0 aromatic rings. The quantitative estimate of drug-likeness (QED) is 0.654. The lowest BCUT2D eigenvalue weighted by Gasteiger charge is -2.26. The van der Waals surface area contributed by atoms with E-state index in [-0.39, 0.29) is 6.67 Å². The summed E-state index contributed by atoms with van der Waals surface area (Å²) in [4.78, 5) is 2.57. The van der Waals surface area contributed by atoms with Gasteiger partial charge in [-0.3, -0.25) is 9.29 Å². The average Bonchev–Trinajstić information content (AvgIpc) is 2.39. The van der Waals surface area contributed by atoms with Crippen LogP contribution in [0.2, 0.25) is 0 Å². The van der Waals surface area contributed by atoms with E-state index in [0.717, 1.165) is 18.9 Å². The van der Waals surface area contributed by atoms with E-state index in [2.05, 4.69) is 23.6 Å². The van der Waals surface area contributed by atoms with Gasteiger partial charge in [-0.05, 0) is 44.9 Å². The third-order valence-electron chi connectivity index (χ3n) is 2.91. The number of hydrogen-bond acceptors (Lipinski definition) is 2. The van der Waals surface area contributed by atoms with Crippen molar-refractivity contribution < 1.29 is 4.39 Å². The van der Waals surface area contributed by atoms with Crippen molar-refractivity contribution in [1.29, 1.82) is 0 Å². The van der Waals surface area contributed by atoms with Crippen LogP contribution in [-0.4, -0.2) is 42.2 Å². The van der Waals surface area contributed by atoms with E-state index in [1.807, 2.05) is 0 Å².